The Morgan fingerprint density at radius 2 is 2.00 bits per heavy atom. The smallest absolute Gasteiger partial charge is 0.237 e. The monoisotopic (exact) mass is 227 g/mol. The van der Waals surface area contributed by atoms with E-state index in [0.29, 0.717) is 0 Å². The lowest BCUT2D eigenvalue weighted by Gasteiger charge is -2.25. The molecular formula is C12H25N3O. The van der Waals surface area contributed by atoms with Gasteiger partial charge < -0.3 is 16.0 Å². The molecule has 0 spiro atoms. The van der Waals surface area contributed by atoms with Crippen molar-refractivity contribution in [1.29, 1.82) is 0 Å². The summed E-state index contributed by atoms with van der Waals surface area (Å²) in [7, 11) is 1.80. The molecule has 1 atom stereocenters. The van der Waals surface area contributed by atoms with Crippen molar-refractivity contribution < 1.29 is 4.79 Å². The fraction of sp³-hybridized carbons (Fsp3) is 0.917. The minimum atomic E-state index is -0.537. The summed E-state index contributed by atoms with van der Waals surface area (Å²) < 4.78 is 0. The van der Waals surface area contributed by atoms with Gasteiger partial charge in [-0.15, -0.1) is 0 Å². The van der Waals surface area contributed by atoms with E-state index in [2.05, 4.69) is 10.2 Å². The first-order chi connectivity index (χ1) is 7.58. The lowest BCUT2D eigenvalue weighted by atomic mass is 9.94. The van der Waals surface area contributed by atoms with Gasteiger partial charge in [0.05, 0.1) is 5.54 Å². The second-order valence-corrected chi connectivity index (χ2v) is 4.95. The number of carbonyl (C=O) groups excluding carboxylic acids is 1. The molecule has 1 saturated heterocycles. The average molecular weight is 227 g/mol. The molecule has 4 nitrogen and oxygen atoms in total. The molecule has 0 aliphatic carbocycles. The third-order valence-electron chi connectivity index (χ3n) is 3.70. The number of carbonyl (C=O) groups is 1. The minimum absolute atomic E-state index is 0.254. The Balaban J connectivity index is 2.15. The minimum Gasteiger partial charge on any atom is -0.368 e. The van der Waals surface area contributed by atoms with Crippen LogP contribution in [-0.2, 0) is 4.79 Å². The van der Waals surface area contributed by atoms with E-state index >= 15 is 0 Å². The Hall–Kier alpha value is -0.610. The quantitative estimate of drug-likeness (QED) is 0.630. The predicted octanol–water partition coefficient (Wildman–Crippen LogP) is 0.716. The third kappa shape index (κ3) is 3.76. The Morgan fingerprint density at radius 1 is 1.38 bits per heavy atom. The standard InChI is InChI=1S/C12H25N3O/c1-12(14-2,11(13)16)7-3-4-8-15-9-5-6-10-15/h14H,3-10H2,1-2H3,(H2,13,16). The van der Waals surface area contributed by atoms with Crippen LogP contribution in [0.4, 0.5) is 0 Å². The molecule has 0 bridgehead atoms. The maximum atomic E-state index is 11.3. The second kappa shape index (κ2) is 6.21. The van der Waals surface area contributed by atoms with E-state index < -0.39 is 5.54 Å². The highest BCUT2D eigenvalue weighted by molar-refractivity contribution is 5.84. The fourth-order valence-electron chi connectivity index (χ4n) is 2.19. The van der Waals surface area contributed by atoms with E-state index in [1.165, 1.54) is 32.5 Å². The van der Waals surface area contributed by atoms with Crippen molar-refractivity contribution in [3.8, 4) is 0 Å². The third-order valence-corrected chi connectivity index (χ3v) is 3.70. The van der Waals surface area contributed by atoms with Crippen LogP contribution in [0.3, 0.4) is 0 Å². The summed E-state index contributed by atoms with van der Waals surface area (Å²) in [6.45, 7) is 5.54. The number of rotatable bonds is 7. The van der Waals surface area contributed by atoms with Crippen molar-refractivity contribution >= 4 is 5.91 Å². The molecule has 0 saturated carbocycles. The molecule has 0 radical (unpaired) electrons. The van der Waals surface area contributed by atoms with Gasteiger partial charge in [-0.25, -0.2) is 0 Å². The van der Waals surface area contributed by atoms with Gasteiger partial charge in [0.15, 0.2) is 0 Å². The van der Waals surface area contributed by atoms with E-state index in [9.17, 15) is 4.79 Å². The number of likely N-dealkylation sites (N-methyl/N-ethyl adjacent to an activating group) is 1. The second-order valence-electron chi connectivity index (χ2n) is 4.95. The van der Waals surface area contributed by atoms with Crippen LogP contribution in [0.2, 0.25) is 0 Å². The molecule has 1 amide bonds. The molecule has 16 heavy (non-hydrogen) atoms. The van der Waals surface area contributed by atoms with Crippen molar-refractivity contribution in [2.75, 3.05) is 26.7 Å². The molecule has 0 aromatic heterocycles. The number of hydrogen-bond acceptors (Lipinski definition) is 3. The molecule has 1 aliphatic rings. The van der Waals surface area contributed by atoms with Crippen LogP contribution in [0.5, 0.6) is 0 Å². The zero-order valence-corrected chi connectivity index (χ0v) is 10.6. The molecule has 0 aromatic carbocycles. The summed E-state index contributed by atoms with van der Waals surface area (Å²) in [4.78, 5) is 13.8. The molecule has 1 aliphatic heterocycles. The van der Waals surface area contributed by atoms with E-state index in [4.69, 9.17) is 5.73 Å². The first-order valence-electron chi connectivity index (χ1n) is 6.30. The van der Waals surface area contributed by atoms with Crippen molar-refractivity contribution in [3.05, 3.63) is 0 Å². The molecule has 94 valence electrons. The van der Waals surface area contributed by atoms with E-state index in [1.807, 2.05) is 6.92 Å². The van der Waals surface area contributed by atoms with Gasteiger partial charge in [0, 0.05) is 0 Å². The maximum absolute atomic E-state index is 11.3. The summed E-state index contributed by atoms with van der Waals surface area (Å²) in [5.41, 5.74) is 4.84. The predicted molar refractivity (Wildman–Crippen MR) is 66.2 cm³/mol. The van der Waals surface area contributed by atoms with Crippen LogP contribution >= 0.6 is 0 Å². The number of amides is 1. The van der Waals surface area contributed by atoms with Gasteiger partial charge in [-0.05, 0) is 65.7 Å². The van der Waals surface area contributed by atoms with Gasteiger partial charge in [0.2, 0.25) is 5.91 Å². The van der Waals surface area contributed by atoms with Crippen LogP contribution in [0.15, 0.2) is 0 Å². The summed E-state index contributed by atoms with van der Waals surface area (Å²) in [6.07, 6.45) is 5.72. The Labute approximate surface area is 98.6 Å². The molecule has 1 fully saturated rings. The first kappa shape index (κ1) is 13.5. The highest BCUT2D eigenvalue weighted by Gasteiger charge is 2.27. The summed E-state index contributed by atoms with van der Waals surface area (Å²) in [6, 6.07) is 0. The normalized spacial score (nSPS) is 20.9. The largest absolute Gasteiger partial charge is 0.368 e. The van der Waals surface area contributed by atoms with Crippen LogP contribution in [0.1, 0.15) is 39.0 Å². The number of nitrogens with one attached hydrogen (secondary N) is 1. The van der Waals surface area contributed by atoms with Crippen molar-refractivity contribution in [2.24, 2.45) is 5.73 Å². The molecule has 3 N–H and O–H groups in total. The van der Waals surface area contributed by atoms with Crippen LogP contribution < -0.4 is 11.1 Å². The summed E-state index contributed by atoms with van der Waals surface area (Å²) in [5.74, 6) is -0.254. The van der Waals surface area contributed by atoms with Crippen molar-refractivity contribution in [1.82, 2.24) is 10.2 Å². The molecule has 1 heterocycles. The van der Waals surface area contributed by atoms with Crippen molar-refractivity contribution in [2.45, 2.75) is 44.6 Å². The number of nitrogens with zero attached hydrogens (tertiary/aromatic N) is 1. The molecule has 4 heteroatoms. The van der Waals surface area contributed by atoms with E-state index in [1.54, 1.807) is 7.05 Å². The summed E-state index contributed by atoms with van der Waals surface area (Å²) >= 11 is 0. The lowest BCUT2D eigenvalue weighted by Crippen LogP contribution is -2.51. The van der Waals surface area contributed by atoms with Crippen molar-refractivity contribution in [3.63, 3.8) is 0 Å². The highest BCUT2D eigenvalue weighted by Crippen LogP contribution is 2.14. The zero-order valence-electron chi connectivity index (χ0n) is 10.6. The van der Waals surface area contributed by atoms with E-state index in [0.717, 1.165) is 19.3 Å². The fourth-order valence-corrected chi connectivity index (χ4v) is 2.19. The Kier molecular flexibility index (Phi) is 5.22. The number of hydrogen-bond donors (Lipinski definition) is 2. The van der Waals surface area contributed by atoms with Gasteiger partial charge in [0.1, 0.15) is 0 Å². The number of likely N-dealkylation sites (tertiary alicyclic amines) is 1. The molecular weight excluding hydrogens is 202 g/mol. The summed E-state index contributed by atoms with van der Waals surface area (Å²) in [5, 5.41) is 3.02. The number of primary amides is 1. The van der Waals surface area contributed by atoms with E-state index in [-0.39, 0.29) is 5.91 Å². The van der Waals surface area contributed by atoms with Crippen LogP contribution in [-0.4, -0.2) is 43.0 Å². The number of unbranched alkanes of at least 4 members (excludes halogenated alkanes) is 1. The van der Waals surface area contributed by atoms with Gasteiger partial charge in [-0.2, -0.15) is 0 Å². The molecule has 1 rings (SSSR count). The SMILES string of the molecule is CNC(C)(CCCCN1CCCC1)C(N)=O. The number of nitrogens with two attached hydrogens (primary N) is 1. The highest BCUT2D eigenvalue weighted by atomic mass is 16.1. The average Bonchev–Trinajstić information content (AvgIpc) is 2.76. The van der Waals surface area contributed by atoms with Gasteiger partial charge in [-0.3, -0.25) is 4.79 Å². The van der Waals surface area contributed by atoms with Gasteiger partial charge in [-0.1, -0.05) is 0 Å². The van der Waals surface area contributed by atoms with Gasteiger partial charge >= 0.3 is 0 Å². The zero-order chi connectivity index (χ0) is 12.0. The van der Waals surface area contributed by atoms with Crippen LogP contribution in [0.25, 0.3) is 0 Å². The Morgan fingerprint density at radius 3 is 2.50 bits per heavy atom. The van der Waals surface area contributed by atoms with Crippen LogP contribution in [0, 0.1) is 0 Å². The lowest BCUT2D eigenvalue weighted by molar-refractivity contribution is -0.123. The molecule has 1 unspecified atom stereocenters. The first-order valence-corrected chi connectivity index (χ1v) is 6.30. The topological polar surface area (TPSA) is 58.4 Å². The molecule has 0 aromatic rings. The maximum Gasteiger partial charge on any atom is 0.237 e. The Bertz CT molecular complexity index is 226. The van der Waals surface area contributed by atoms with Gasteiger partial charge in [0.25, 0.3) is 0 Å².